The van der Waals surface area contributed by atoms with Crippen LogP contribution in [-0.4, -0.2) is 24.2 Å². The largest absolute Gasteiger partial charge is 0.497 e. The molecule has 6 nitrogen and oxygen atoms in total. The highest BCUT2D eigenvalue weighted by molar-refractivity contribution is 6.09. The normalized spacial score (nSPS) is 11.0. The maximum absolute atomic E-state index is 11.8. The number of ether oxygens (including phenoxy) is 2. The molecule has 3 aromatic carbocycles. The summed E-state index contributed by atoms with van der Waals surface area (Å²) in [5.74, 6) is 0.770. The molecule has 1 amide bonds. The SMILES string of the molecule is COc1ccc2nc3cc(C)ccc3c(Nc3cccc(COC(=O)NC(C)C)c3)c2c1. The Morgan fingerprint density at radius 1 is 1.00 bits per heavy atom. The van der Waals surface area contributed by atoms with E-state index < -0.39 is 6.09 Å². The van der Waals surface area contributed by atoms with Crippen molar-refractivity contribution in [3.8, 4) is 5.75 Å². The van der Waals surface area contributed by atoms with Gasteiger partial charge in [0.25, 0.3) is 0 Å². The second kappa shape index (κ2) is 9.14. The first-order chi connectivity index (χ1) is 15.4. The van der Waals surface area contributed by atoms with Crippen molar-refractivity contribution in [1.29, 1.82) is 0 Å². The van der Waals surface area contributed by atoms with E-state index in [1.54, 1.807) is 7.11 Å². The maximum Gasteiger partial charge on any atom is 0.407 e. The average Bonchev–Trinajstić information content (AvgIpc) is 2.77. The Morgan fingerprint density at radius 3 is 2.62 bits per heavy atom. The molecule has 0 saturated carbocycles. The minimum absolute atomic E-state index is 0.0318. The van der Waals surface area contributed by atoms with Gasteiger partial charge in [0.05, 0.1) is 23.8 Å². The summed E-state index contributed by atoms with van der Waals surface area (Å²) in [5.41, 5.74) is 5.71. The molecular formula is C26H27N3O3. The first-order valence-corrected chi connectivity index (χ1v) is 10.6. The van der Waals surface area contributed by atoms with Gasteiger partial charge >= 0.3 is 6.09 Å². The number of carbonyl (C=O) groups is 1. The van der Waals surface area contributed by atoms with Crippen molar-refractivity contribution in [3.63, 3.8) is 0 Å². The molecule has 0 unspecified atom stereocenters. The quantitative estimate of drug-likeness (QED) is 0.363. The Morgan fingerprint density at radius 2 is 1.84 bits per heavy atom. The number of benzene rings is 3. The zero-order valence-corrected chi connectivity index (χ0v) is 18.7. The van der Waals surface area contributed by atoms with Crippen LogP contribution in [0.15, 0.2) is 60.7 Å². The van der Waals surface area contributed by atoms with Gasteiger partial charge in [-0.2, -0.15) is 0 Å². The summed E-state index contributed by atoms with van der Waals surface area (Å²) in [7, 11) is 1.66. The molecule has 32 heavy (non-hydrogen) atoms. The number of methoxy groups -OCH3 is 1. The molecule has 0 spiro atoms. The molecule has 0 fully saturated rings. The standard InChI is InChI=1S/C26H27N3O3/c1-16(2)27-26(30)32-15-18-6-5-7-19(13-18)28-25-21-10-8-17(3)12-24(21)29-23-11-9-20(31-4)14-22(23)25/h5-14,16H,15H2,1-4H3,(H,27,30)(H,28,29). The summed E-state index contributed by atoms with van der Waals surface area (Å²) >= 11 is 0. The second-order valence-electron chi connectivity index (χ2n) is 8.09. The fraction of sp³-hybridized carbons (Fsp3) is 0.231. The number of aromatic nitrogens is 1. The molecule has 2 N–H and O–H groups in total. The van der Waals surface area contributed by atoms with Crippen molar-refractivity contribution in [2.75, 3.05) is 12.4 Å². The predicted molar refractivity (Wildman–Crippen MR) is 129 cm³/mol. The number of fused-ring (bicyclic) bond motifs is 2. The summed E-state index contributed by atoms with van der Waals surface area (Å²) < 4.78 is 10.8. The lowest BCUT2D eigenvalue weighted by Gasteiger charge is -2.15. The summed E-state index contributed by atoms with van der Waals surface area (Å²) in [6, 6.07) is 20.0. The summed E-state index contributed by atoms with van der Waals surface area (Å²) in [6.07, 6.45) is -0.424. The molecule has 1 aromatic heterocycles. The van der Waals surface area contributed by atoms with Gasteiger partial charge in [0.2, 0.25) is 0 Å². The van der Waals surface area contributed by atoms with Crippen LogP contribution in [0.2, 0.25) is 0 Å². The Kier molecular flexibility index (Phi) is 6.12. The molecule has 6 heteroatoms. The van der Waals surface area contributed by atoms with Crippen LogP contribution in [0.1, 0.15) is 25.0 Å². The van der Waals surface area contributed by atoms with Crippen LogP contribution >= 0.6 is 0 Å². The van der Waals surface area contributed by atoms with Crippen LogP contribution in [0.5, 0.6) is 5.75 Å². The molecule has 1 heterocycles. The minimum atomic E-state index is -0.424. The number of aryl methyl sites for hydroxylation is 1. The zero-order chi connectivity index (χ0) is 22.7. The van der Waals surface area contributed by atoms with E-state index in [0.29, 0.717) is 0 Å². The molecule has 0 radical (unpaired) electrons. The summed E-state index contributed by atoms with van der Waals surface area (Å²) in [4.78, 5) is 16.7. The number of alkyl carbamates (subject to hydrolysis) is 1. The highest BCUT2D eigenvalue weighted by atomic mass is 16.5. The number of amides is 1. The van der Waals surface area contributed by atoms with E-state index in [9.17, 15) is 4.79 Å². The van der Waals surface area contributed by atoms with E-state index in [4.69, 9.17) is 14.5 Å². The van der Waals surface area contributed by atoms with Crippen molar-refractivity contribution in [1.82, 2.24) is 10.3 Å². The van der Waals surface area contributed by atoms with Crippen molar-refractivity contribution >= 4 is 39.3 Å². The lowest BCUT2D eigenvalue weighted by Crippen LogP contribution is -2.30. The van der Waals surface area contributed by atoms with Crippen LogP contribution in [0.4, 0.5) is 16.2 Å². The Hall–Kier alpha value is -3.80. The summed E-state index contributed by atoms with van der Waals surface area (Å²) in [6.45, 7) is 6.04. The maximum atomic E-state index is 11.8. The molecule has 0 aliphatic rings. The van der Waals surface area contributed by atoms with Gasteiger partial charge in [-0.1, -0.05) is 24.3 Å². The first kappa shape index (κ1) is 21.4. The van der Waals surface area contributed by atoms with E-state index in [1.807, 2.05) is 56.3 Å². The third kappa shape index (κ3) is 4.75. The molecule has 0 aliphatic heterocycles. The van der Waals surface area contributed by atoms with Gasteiger partial charge < -0.3 is 20.1 Å². The van der Waals surface area contributed by atoms with Gasteiger partial charge in [-0.15, -0.1) is 0 Å². The van der Waals surface area contributed by atoms with Crippen molar-refractivity contribution in [2.45, 2.75) is 33.4 Å². The number of hydrogen-bond acceptors (Lipinski definition) is 5. The van der Waals surface area contributed by atoms with E-state index in [1.165, 1.54) is 0 Å². The number of hydrogen-bond donors (Lipinski definition) is 2. The lowest BCUT2D eigenvalue weighted by molar-refractivity contribution is 0.137. The monoisotopic (exact) mass is 429 g/mol. The number of nitrogens with zero attached hydrogens (tertiary/aromatic N) is 1. The third-order valence-electron chi connectivity index (χ3n) is 5.11. The number of pyridine rings is 1. The van der Waals surface area contributed by atoms with Gasteiger partial charge in [-0.05, 0) is 68.3 Å². The molecule has 0 saturated heterocycles. The van der Waals surface area contributed by atoms with E-state index in [2.05, 4.69) is 35.8 Å². The van der Waals surface area contributed by atoms with Gasteiger partial charge in [-0.3, -0.25) is 0 Å². The Labute approximate surface area is 187 Å². The second-order valence-corrected chi connectivity index (χ2v) is 8.09. The number of carbonyl (C=O) groups excluding carboxylic acids is 1. The molecule has 4 rings (SSSR count). The Balaban J connectivity index is 1.70. The highest BCUT2D eigenvalue weighted by Crippen LogP contribution is 2.35. The topological polar surface area (TPSA) is 72.5 Å². The third-order valence-corrected chi connectivity index (χ3v) is 5.11. The smallest absolute Gasteiger partial charge is 0.407 e. The van der Waals surface area contributed by atoms with Crippen molar-refractivity contribution < 1.29 is 14.3 Å². The van der Waals surface area contributed by atoms with Crippen LogP contribution < -0.4 is 15.4 Å². The van der Waals surface area contributed by atoms with Crippen LogP contribution in [0.3, 0.4) is 0 Å². The number of anilines is 2. The van der Waals surface area contributed by atoms with Gasteiger partial charge in [-0.25, -0.2) is 9.78 Å². The minimum Gasteiger partial charge on any atom is -0.497 e. The van der Waals surface area contributed by atoms with E-state index in [0.717, 1.165) is 50.1 Å². The highest BCUT2D eigenvalue weighted by Gasteiger charge is 2.12. The van der Waals surface area contributed by atoms with E-state index >= 15 is 0 Å². The molecule has 0 bridgehead atoms. The van der Waals surface area contributed by atoms with Crippen LogP contribution in [0, 0.1) is 6.92 Å². The summed E-state index contributed by atoms with van der Waals surface area (Å²) in [5, 5.41) is 8.29. The van der Waals surface area contributed by atoms with Gasteiger partial charge in [0, 0.05) is 22.5 Å². The van der Waals surface area contributed by atoms with Gasteiger partial charge in [0.15, 0.2) is 0 Å². The van der Waals surface area contributed by atoms with E-state index in [-0.39, 0.29) is 12.6 Å². The Bertz CT molecular complexity index is 1280. The predicted octanol–water partition coefficient (Wildman–Crippen LogP) is 6.08. The van der Waals surface area contributed by atoms with Crippen LogP contribution in [0.25, 0.3) is 21.8 Å². The number of nitrogens with one attached hydrogen (secondary N) is 2. The fourth-order valence-electron chi connectivity index (χ4n) is 3.60. The zero-order valence-electron chi connectivity index (χ0n) is 18.7. The van der Waals surface area contributed by atoms with Gasteiger partial charge in [0.1, 0.15) is 12.4 Å². The molecule has 164 valence electrons. The molecule has 0 atom stereocenters. The average molecular weight is 430 g/mol. The first-order valence-electron chi connectivity index (χ1n) is 10.6. The van der Waals surface area contributed by atoms with Crippen molar-refractivity contribution in [2.24, 2.45) is 0 Å². The number of rotatable bonds is 6. The molecule has 0 aliphatic carbocycles. The molecule has 4 aromatic rings. The fourth-order valence-corrected chi connectivity index (χ4v) is 3.60. The molecular weight excluding hydrogens is 402 g/mol. The van der Waals surface area contributed by atoms with Crippen LogP contribution in [-0.2, 0) is 11.3 Å². The lowest BCUT2D eigenvalue weighted by atomic mass is 10.1. The van der Waals surface area contributed by atoms with Crippen molar-refractivity contribution in [3.05, 3.63) is 71.8 Å².